The molecule has 0 bridgehead atoms. The first kappa shape index (κ1) is 25.0. The molecule has 0 aliphatic heterocycles. The molecule has 1 heterocycles. The van der Waals surface area contributed by atoms with E-state index in [1.807, 2.05) is 0 Å². The van der Waals surface area contributed by atoms with Gasteiger partial charge in [0.15, 0.2) is 5.69 Å². The van der Waals surface area contributed by atoms with Gasteiger partial charge in [-0.25, -0.2) is 4.39 Å². The predicted molar refractivity (Wildman–Crippen MR) is 108 cm³/mol. The Morgan fingerprint density at radius 3 is 2.52 bits per heavy atom. The molecule has 1 amide bonds. The zero-order valence-electron chi connectivity index (χ0n) is 16.8. The van der Waals surface area contributed by atoms with Crippen LogP contribution in [0.2, 0.25) is 0 Å². The highest BCUT2D eigenvalue weighted by Crippen LogP contribution is 2.34. The lowest BCUT2D eigenvalue weighted by molar-refractivity contribution is -0.141. The van der Waals surface area contributed by atoms with Crippen molar-refractivity contribution in [2.24, 2.45) is 5.14 Å². The highest BCUT2D eigenvalue weighted by atomic mass is 32.2. The van der Waals surface area contributed by atoms with Gasteiger partial charge in [0, 0.05) is 18.0 Å². The summed E-state index contributed by atoms with van der Waals surface area (Å²) in [6.45, 7) is 6.80. The number of nitrogens with two attached hydrogens (primary N) is 1. The molecule has 0 aliphatic carbocycles. The molecule has 0 spiro atoms. The molecule has 1 rings (SSSR count). The van der Waals surface area contributed by atoms with Crippen LogP contribution in [0.5, 0.6) is 0 Å². The standard InChI is InChI=1S/C19H26F4N4OS/c1-5-8-13(14(20)9-7-10-17(28)25-18(6-2)29-24)15-11-16(19(21,22)23)26-27(15)12(3)4/h6,8-9,11-12H,5,7,10,24H2,1-4H3,(H,25,28). The zero-order chi connectivity index (χ0) is 22.2. The van der Waals surface area contributed by atoms with Crippen LogP contribution in [0.1, 0.15) is 64.4 Å². The van der Waals surface area contributed by atoms with Crippen molar-refractivity contribution in [2.45, 2.75) is 59.2 Å². The maximum atomic E-state index is 14.8. The molecule has 5 nitrogen and oxygen atoms in total. The molecule has 0 atom stereocenters. The molecule has 1 aromatic heterocycles. The highest BCUT2D eigenvalue weighted by molar-refractivity contribution is 8.00. The summed E-state index contributed by atoms with van der Waals surface area (Å²) in [5.74, 6) is -1.04. The summed E-state index contributed by atoms with van der Waals surface area (Å²) in [7, 11) is 0. The average Bonchev–Trinajstić information content (AvgIpc) is 3.09. The number of allylic oxidation sites excluding steroid dienone is 5. The fraction of sp³-hybridized carbons (Fsp3) is 0.474. The Labute approximate surface area is 172 Å². The fourth-order valence-corrected chi connectivity index (χ4v) is 2.77. The number of alkyl halides is 3. The first-order valence-corrected chi connectivity index (χ1v) is 9.99. The smallest absolute Gasteiger partial charge is 0.320 e. The summed E-state index contributed by atoms with van der Waals surface area (Å²) in [6, 6.07) is 0.450. The molecule has 0 unspecified atom stereocenters. The van der Waals surface area contributed by atoms with Gasteiger partial charge in [-0.3, -0.25) is 14.6 Å². The highest BCUT2D eigenvalue weighted by Gasteiger charge is 2.35. The first-order chi connectivity index (χ1) is 13.5. The Morgan fingerprint density at radius 2 is 2.03 bits per heavy atom. The van der Waals surface area contributed by atoms with Crippen LogP contribution < -0.4 is 10.5 Å². The van der Waals surface area contributed by atoms with Gasteiger partial charge in [0.2, 0.25) is 5.91 Å². The van der Waals surface area contributed by atoms with Crippen LogP contribution in [0.15, 0.2) is 35.2 Å². The second-order valence-corrected chi connectivity index (χ2v) is 7.06. The third-order valence-corrected chi connectivity index (χ3v) is 4.40. The van der Waals surface area contributed by atoms with Gasteiger partial charge < -0.3 is 5.32 Å². The van der Waals surface area contributed by atoms with E-state index in [0.29, 0.717) is 11.4 Å². The van der Waals surface area contributed by atoms with E-state index in [2.05, 4.69) is 10.4 Å². The molecular weight excluding hydrogens is 408 g/mol. The van der Waals surface area contributed by atoms with Gasteiger partial charge >= 0.3 is 6.18 Å². The van der Waals surface area contributed by atoms with E-state index in [1.165, 1.54) is 12.2 Å². The number of carbonyl (C=O) groups excluding carboxylic acids is 1. The Balaban J connectivity index is 3.09. The molecule has 29 heavy (non-hydrogen) atoms. The van der Waals surface area contributed by atoms with Gasteiger partial charge in [-0.1, -0.05) is 19.1 Å². The van der Waals surface area contributed by atoms with E-state index in [4.69, 9.17) is 5.14 Å². The lowest BCUT2D eigenvalue weighted by Gasteiger charge is -2.13. The van der Waals surface area contributed by atoms with Crippen LogP contribution in [0.25, 0.3) is 5.57 Å². The van der Waals surface area contributed by atoms with Crippen LogP contribution in [0.3, 0.4) is 0 Å². The molecular formula is C19H26F4N4OS. The molecule has 0 saturated heterocycles. The second kappa shape index (κ2) is 11.2. The number of hydrogen-bond acceptors (Lipinski definition) is 4. The molecule has 0 aromatic carbocycles. The normalized spacial score (nSPS) is 13.9. The van der Waals surface area contributed by atoms with Crippen molar-refractivity contribution in [1.82, 2.24) is 15.1 Å². The van der Waals surface area contributed by atoms with Gasteiger partial charge in [0.05, 0.1) is 10.7 Å². The predicted octanol–water partition coefficient (Wildman–Crippen LogP) is 5.49. The van der Waals surface area contributed by atoms with E-state index in [9.17, 15) is 22.4 Å². The summed E-state index contributed by atoms with van der Waals surface area (Å²) < 4.78 is 55.2. The van der Waals surface area contributed by atoms with Crippen molar-refractivity contribution in [3.63, 3.8) is 0 Å². The van der Waals surface area contributed by atoms with E-state index in [-0.39, 0.29) is 30.0 Å². The van der Waals surface area contributed by atoms with Crippen LogP contribution in [0.4, 0.5) is 17.6 Å². The van der Waals surface area contributed by atoms with Crippen molar-refractivity contribution in [3.05, 3.63) is 46.5 Å². The van der Waals surface area contributed by atoms with Gasteiger partial charge in [-0.05, 0) is 57.7 Å². The second-order valence-electron chi connectivity index (χ2n) is 6.39. The van der Waals surface area contributed by atoms with Crippen molar-refractivity contribution in [2.75, 3.05) is 0 Å². The van der Waals surface area contributed by atoms with Crippen LogP contribution in [0, 0.1) is 0 Å². The first-order valence-electron chi connectivity index (χ1n) is 9.11. The van der Waals surface area contributed by atoms with Crippen molar-refractivity contribution >= 4 is 23.4 Å². The number of rotatable bonds is 9. The monoisotopic (exact) mass is 434 g/mol. The summed E-state index contributed by atoms with van der Waals surface area (Å²) in [4.78, 5) is 11.8. The minimum atomic E-state index is -4.63. The number of halogens is 4. The minimum Gasteiger partial charge on any atom is -0.320 e. The molecule has 0 saturated carbocycles. The van der Waals surface area contributed by atoms with E-state index < -0.39 is 23.7 Å². The molecule has 0 radical (unpaired) electrons. The maximum absolute atomic E-state index is 14.8. The largest absolute Gasteiger partial charge is 0.435 e. The molecule has 162 valence electrons. The Hall–Kier alpha value is -2.07. The number of nitrogens with zero attached hydrogens (tertiary/aromatic N) is 2. The summed E-state index contributed by atoms with van der Waals surface area (Å²) >= 11 is 0.884. The summed E-state index contributed by atoms with van der Waals surface area (Å²) in [6.07, 6.45) is 0.194. The number of carbonyl (C=O) groups is 1. The van der Waals surface area contributed by atoms with Gasteiger partial charge in [-0.15, -0.1) is 0 Å². The molecule has 1 aromatic rings. The lowest BCUT2D eigenvalue weighted by atomic mass is 10.1. The summed E-state index contributed by atoms with van der Waals surface area (Å²) in [5.41, 5.74) is -1.01. The third-order valence-electron chi connectivity index (χ3n) is 3.80. The van der Waals surface area contributed by atoms with E-state index in [1.54, 1.807) is 33.8 Å². The zero-order valence-corrected chi connectivity index (χ0v) is 17.6. The molecule has 0 fully saturated rings. The topological polar surface area (TPSA) is 72.9 Å². The van der Waals surface area contributed by atoms with Crippen molar-refractivity contribution < 1.29 is 22.4 Å². The summed E-state index contributed by atoms with van der Waals surface area (Å²) in [5, 5.41) is 12.0. The lowest BCUT2D eigenvalue weighted by Crippen LogP contribution is -2.21. The van der Waals surface area contributed by atoms with Crippen molar-refractivity contribution in [1.29, 1.82) is 0 Å². The SMILES string of the molecule is CC=C(NC(=O)CCC=C(F)C(=CCC)c1cc(C(F)(F)F)nn1C(C)C)SN. The quantitative estimate of drug-likeness (QED) is 0.306. The van der Waals surface area contributed by atoms with E-state index in [0.717, 1.165) is 22.7 Å². The fourth-order valence-electron chi connectivity index (χ4n) is 2.47. The molecule has 3 N–H and O–H groups in total. The van der Waals surface area contributed by atoms with Gasteiger partial charge in [0.25, 0.3) is 0 Å². The maximum Gasteiger partial charge on any atom is 0.435 e. The van der Waals surface area contributed by atoms with E-state index >= 15 is 0 Å². The van der Waals surface area contributed by atoms with Crippen LogP contribution >= 0.6 is 11.9 Å². The Kier molecular flexibility index (Phi) is 9.64. The average molecular weight is 435 g/mol. The number of nitrogens with one attached hydrogen (secondary N) is 1. The van der Waals surface area contributed by atoms with Crippen molar-refractivity contribution in [3.8, 4) is 0 Å². The molecule has 0 aliphatic rings. The Morgan fingerprint density at radius 1 is 1.38 bits per heavy atom. The number of aromatic nitrogens is 2. The minimum absolute atomic E-state index is 0.00195. The van der Waals surface area contributed by atoms with Crippen LogP contribution in [-0.2, 0) is 11.0 Å². The van der Waals surface area contributed by atoms with Crippen LogP contribution in [-0.4, -0.2) is 15.7 Å². The molecule has 10 heteroatoms. The van der Waals surface area contributed by atoms with Gasteiger partial charge in [0.1, 0.15) is 5.83 Å². The van der Waals surface area contributed by atoms with Gasteiger partial charge in [-0.2, -0.15) is 18.3 Å². The Bertz CT molecular complexity index is 795. The third kappa shape index (κ3) is 7.36. The number of amides is 1. The number of hydrogen-bond donors (Lipinski definition) is 2.